The molecule has 0 aliphatic carbocycles. The summed E-state index contributed by atoms with van der Waals surface area (Å²) >= 11 is 0. The van der Waals surface area contributed by atoms with E-state index < -0.39 is 29.5 Å². The second-order valence-corrected chi connectivity index (χ2v) is 3.52. The zero-order valence-electron chi connectivity index (χ0n) is 9.54. The number of hydrogen-bond donors (Lipinski definition) is 2. The van der Waals surface area contributed by atoms with Crippen LogP contribution in [-0.2, 0) is 9.53 Å². The van der Waals surface area contributed by atoms with E-state index in [1.807, 2.05) is 0 Å². The van der Waals surface area contributed by atoms with Gasteiger partial charge in [-0.05, 0) is 17.7 Å². The minimum absolute atomic E-state index is 0.175. The van der Waals surface area contributed by atoms with Crippen LogP contribution in [0.3, 0.4) is 0 Å². The van der Waals surface area contributed by atoms with Crippen molar-refractivity contribution in [3.8, 4) is 0 Å². The Morgan fingerprint density at radius 3 is 2.39 bits per heavy atom. The van der Waals surface area contributed by atoms with Gasteiger partial charge >= 0.3 is 5.97 Å². The summed E-state index contributed by atoms with van der Waals surface area (Å²) in [5.41, 5.74) is -0.199. The molecule has 0 aliphatic heterocycles. The van der Waals surface area contributed by atoms with Crippen LogP contribution in [0, 0.1) is 17.5 Å². The molecule has 1 aromatic rings. The maximum absolute atomic E-state index is 13.0. The van der Waals surface area contributed by atoms with E-state index >= 15 is 0 Å². The Morgan fingerprint density at radius 1 is 1.39 bits per heavy atom. The van der Waals surface area contributed by atoms with Gasteiger partial charge in [-0.1, -0.05) is 0 Å². The van der Waals surface area contributed by atoms with Gasteiger partial charge in [0.15, 0.2) is 17.5 Å². The lowest BCUT2D eigenvalue weighted by molar-refractivity contribution is -0.139. The van der Waals surface area contributed by atoms with E-state index in [0.717, 1.165) is 0 Å². The second kappa shape index (κ2) is 6.36. The number of nitrogens with one attached hydrogen (secondary N) is 1. The van der Waals surface area contributed by atoms with E-state index in [2.05, 4.69) is 5.32 Å². The van der Waals surface area contributed by atoms with Crippen molar-refractivity contribution in [2.24, 2.45) is 0 Å². The lowest BCUT2D eigenvalue weighted by Crippen LogP contribution is -2.31. The van der Waals surface area contributed by atoms with Gasteiger partial charge < -0.3 is 9.84 Å². The van der Waals surface area contributed by atoms with E-state index in [1.165, 1.54) is 7.11 Å². The first-order valence-electron chi connectivity index (χ1n) is 5.07. The molecule has 0 fully saturated rings. The van der Waals surface area contributed by atoms with E-state index in [-0.39, 0.29) is 18.7 Å². The van der Waals surface area contributed by atoms with Crippen LogP contribution in [-0.4, -0.2) is 31.3 Å². The Morgan fingerprint density at radius 2 is 1.94 bits per heavy atom. The van der Waals surface area contributed by atoms with Crippen LogP contribution in [0.2, 0.25) is 0 Å². The number of carbonyl (C=O) groups is 1. The summed E-state index contributed by atoms with van der Waals surface area (Å²) in [4.78, 5) is 11.0. The molecular weight excluding hydrogens is 251 g/mol. The van der Waals surface area contributed by atoms with Crippen LogP contribution < -0.4 is 5.32 Å². The Bertz CT molecular complexity index is 417. The van der Waals surface area contributed by atoms with Gasteiger partial charge in [-0.2, -0.15) is 0 Å². The highest BCUT2D eigenvalue weighted by atomic mass is 19.2. The zero-order chi connectivity index (χ0) is 13.7. The van der Waals surface area contributed by atoms with Gasteiger partial charge in [0.05, 0.1) is 6.61 Å². The Hall–Kier alpha value is -1.60. The largest absolute Gasteiger partial charge is 0.480 e. The van der Waals surface area contributed by atoms with Gasteiger partial charge in [0.25, 0.3) is 0 Å². The number of carboxylic acids is 1. The van der Waals surface area contributed by atoms with Crippen molar-refractivity contribution >= 4 is 5.97 Å². The number of rotatable bonds is 6. The summed E-state index contributed by atoms with van der Waals surface area (Å²) in [5, 5.41) is 11.5. The molecule has 0 bridgehead atoms. The lowest BCUT2D eigenvalue weighted by atomic mass is 10.1. The molecule has 1 atom stereocenters. The Balaban J connectivity index is 2.95. The number of methoxy groups -OCH3 is 1. The summed E-state index contributed by atoms with van der Waals surface area (Å²) in [6.45, 7) is 0.407. The summed E-state index contributed by atoms with van der Waals surface area (Å²) in [5.74, 6) is -5.80. The zero-order valence-corrected chi connectivity index (χ0v) is 9.54. The Kier molecular flexibility index (Phi) is 5.11. The maximum atomic E-state index is 13.0. The standard InChI is InChI=1S/C11H12F3NO3/c1-18-3-2-15-10(11(16)17)6-4-7(12)9(14)8(13)5-6/h4-5,10,15H,2-3H2,1H3,(H,16,17). The third kappa shape index (κ3) is 3.44. The van der Waals surface area contributed by atoms with Crippen LogP contribution in [0.1, 0.15) is 11.6 Å². The quantitative estimate of drug-likeness (QED) is 0.602. The molecule has 2 N–H and O–H groups in total. The highest BCUT2D eigenvalue weighted by Crippen LogP contribution is 2.19. The number of aliphatic carboxylic acids is 1. The van der Waals surface area contributed by atoms with Crippen LogP contribution in [0.4, 0.5) is 13.2 Å². The first-order valence-corrected chi connectivity index (χ1v) is 5.07. The monoisotopic (exact) mass is 263 g/mol. The van der Waals surface area contributed by atoms with E-state index in [9.17, 15) is 18.0 Å². The van der Waals surface area contributed by atoms with Crippen molar-refractivity contribution in [3.05, 3.63) is 35.1 Å². The first-order chi connectivity index (χ1) is 8.47. The molecular formula is C11H12F3NO3. The van der Waals surface area contributed by atoms with Gasteiger partial charge in [-0.25, -0.2) is 13.2 Å². The molecule has 1 rings (SSSR count). The van der Waals surface area contributed by atoms with Crippen molar-refractivity contribution in [2.45, 2.75) is 6.04 Å². The molecule has 1 unspecified atom stereocenters. The highest BCUT2D eigenvalue weighted by molar-refractivity contribution is 5.75. The average molecular weight is 263 g/mol. The maximum Gasteiger partial charge on any atom is 0.325 e. The molecule has 0 saturated heterocycles. The van der Waals surface area contributed by atoms with Crippen molar-refractivity contribution in [1.29, 1.82) is 0 Å². The van der Waals surface area contributed by atoms with Crippen molar-refractivity contribution < 1.29 is 27.8 Å². The Labute approximate surface area is 101 Å². The molecule has 0 aromatic heterocycles. The van der Waals surface area contributed by atoms with E-state index in [4.69, 9.17) is 9.84 Å². The molecule has 4 nitrogen and oxygen atoms in total. The molecule has 0 amide bonds. The van der Waals surface area contributed by atoms with Crippen LogP contribution >= 0.6 is 0 Å². The molecule has 18 heavy (non-hydrogen) atoms. The third-order valence-corrected chi connectivity index (χ3v) is 2.24. The summed E-state index contributed by atoms with van der Waals surface area (Å²) < 4.78 is 43.4. The molecule has 0 heterocycles. The fourth-order valence-corrected chi connectivity index (χ4v) is 1.39. The fraction of sp³-hybridized carbons (Fsp3) is 0.364. The van der Waals surface area contributed by atoms with Gasteiger partial charge in [-0.3, -0.25) is 10.1 Å². The van der Waals surface area contributed by atoms with E-state index in [0.29, 0.717) is 12.1 Å². The van der Waals surface area contributed by atoms with Gasteiger partial charge in [-0.15, -0.1) is 0 Å². The van der Waals surface area contributed by atoms with Gasteiger partial charge in [0.1, 0.15) is 6.04 Å². The summed E-state index contributed by atoms with van der Waals surface area (Å²) in [6, 6.07) is -0.0293. The lowest BCUT2D eigenvalue weighted by Gasteiger charge is -2.15. The molecule has 0 saturated carbocycles. The van der Waals surface area contributed by atoms with E-state index in [1.54, 1.807) is 0 Å². The molecule has 0 aliphatic rings. The minimum atomic E-state index is -1.63. The van der Waals surface area contributed by atoms with Crippen molar-refractivity contribution in [3.63, 3.8) is 0 Å². The average Bonchev–Trinajstić information content (AvgIpc) is 2.30. The number of ether oxygens (including phenoxy) is 1. The number of benzene rings is 1. The van der Waals surface area contributed by atoms with Crippen molar-refractivity contribution in [2.75, 3.05) is 20.3 Å². The third-order valence-electron chi connectivity index (χ3n) is 2.24. The molecule has 7 heteroatoms. The van der Waals surface area contributed by atoms with Crippen LogP contribution in [0.5, 0.6) is 0 Å². The minimum Gasteiger partial charge on any atom is -0.480 e. The molecule has 0 spiro atoms. The summed E-state index contributed by atoms with van der Waals surface area (Å²) in [6.07, 6.45) is 0. The normalized spacial score (nSPS) is 12.4. The number of halogens is 3. The predicted octanol–water partition coefficient (Wildman–Crippen LogP) is 1.47. The van der Waals surface area contributed by atoms with Crippen LogP contribution in [0.25, 0.3) is 0 Å². The second-order valence-electron chi connectivity index (χ2n) is 3.52. The fourth-order valence-electron chi connectivity index (χ4n) is 1.39. The number of carboxylic acid groups (broad SMARTS) is 1. The number of hydrogen-bond acceptors (Lipinski definition) is 3. The first kappa shape index (κ1) is 14.5. The molecule has 0 radical (unpaired) electrons. The van der Waals surface area contributed by atoms with Crippen molar-refractivity contribution in [1.82, 2.24) is 5.32 Å². The molecule has 1 aromatic carbocycles. The van der Waals surface area contributed by atoms with Gasteiger partial charge in [0.2, 0.25) is 0 Å². The highest BCUT2D eigenvalue weighted by Gasteiger charge is 2.22. The smallest absolute Gasteiger partial charge is 0.325 e. The SMILES string of the molecule is COCCNC(C(=O)O)c1cc(F)c(F)c(F)c1. The summed E-state index contributed by atoms with van der Waals surface area (Å²) in [7, 11) is 1.43. The topological polar surface area (TPSA) is 58.6 Å². The molecule has 100 valence electrons. The predicted molar refractivity (Wildman–Crippen MR) is 56.6 cm³/mol. The van der Waals surface area contributed by atoms with Crippen LogP contribution in [0.15, 0.2) is 12.1 Å². The van der Waals surface area contributed by atoms with Gasteiger partial charge in [0, 0.05) is 13.7 Å².